The zero-order valence-corrected chi connectivity index (χ0v) is 22.9. The highest BCUT2D eigenvalue weighted by molar-refractivity contribution is 6.03. The van der Waals surface area contributed by atoms with Crippen LogP contribution in [0.1, 0.15) is 9.81 Å². The molecule has 4 heterocycles. The summed E-state index contributed by atoms with van der Waals surface area (Å²) in [5.74, 6) is 0.510. The number of aryl methyl sites for hydroxylation is 1. The van der Waals surface area contributed by atoms with E-state index >= 15 is 0 Å². The van der Waals surface area contributed by atoms with E-state index in [1.165, 1.54) is 0 Å². The quantitative estimate of drug-likeness (QED) is 0.203. The van der Waals surface area contributed by atoms with Gasteiger partial charge >= 0.3 is 0 Å². The van der Waals surface area contributed by atoms with Crippen molar-refractivity contribution in [3.8, 4) is 45.3 Å². The van der Waals surface area contributed by atoms with E-state index in [0.29, 0.717) is 33.9 Å². The maximum atomic E-state index is 7.84. The van der Waals surface area contributed by atoms with Crippen LogP contribution in [0.25, 0.3) is 78.0 Å². The molecule has 0 bridgehead atoms. The van der Waals surface area contributed by atoms with E-state index in [1.54, 1.807) is 12.1 Å². The summed E-state index contributed by atoms with van der Waals surface area (Å²) in [6, 6.07) is 43.5. The number of hydrogen-bond donors (Lipinski definition) is 0. The molecule has 8 rings (SSSR count). The molecule has 0 amide bonds. The van der Waals surface area contributed by atoms with Crippen molar-refractivity contribution in [1.29, 1.82) is 0 Å². The average Bonchev–Trinajstić information content (AvgIpc) is 3.10. The van der Waals surface area contributed by atoms with E-state index < -0.39 is 6.85 Å². The molecule has 8 aromatic rings. The van der Waals surface area contributed by atoms with E-state index in [9.17, 15) is 0 Å². The molecule has 202 valence electrons. The molecule has 5 nitrogen and oxygen atoms in total. The van der Waals surface area contributed by atoms with E-state index in [4.69, 9.17) is 24.0 Å². The third-order valence-electron chi connectivity index (χ3n) is 7.61. The minimum Gasteiger partial charge on any atom is -0.251 e. The Morgan fingerprint density at radius 1 is 0.465 bits per heavy atom. The van der Waals surface area contributed by atoms with Crippen LogP contribution in [0.5, 0.6) is 0 Å². The second-order valence-corrected chi connectivity index (χ2v) is 10.4. The number of pyridine rings is 3. The fourth-order valence-electron chi connectivity index (χ4n) is 5.50. The predicted molar refractivity (Wildman–Crippen MR) is 174 cm³/mol. The molecule has 0 aliphatic heterocycles. The number of rotatable bonds is 4. The van der Waals surface area contributed by atoms with Gasteiger partial charge in [-0.3, -0.25) is 4.98 Å². The SMILES string of the molecule is [2H]C([2H])([2H])c1ccc2ccc3ccc(-c4cccc(-c5nc(-c6cccc(-c7ccccc7)c6)c6ccccc6n5)n4)nc3c2n1. The average molecular weight is 555 g/mol. The van der Waals surface area contributed by atoms with Crippen LogP contribution in [0.2, 0.25) is 0 Å². The minimum atomic E-state index is -2.31. The maximum Gasteiger partial charge on any atom is 0.179 e. The summed E-state index contributed by atoms with van der Waals surface area (Å²) in [5.41, 5.74) is 8.00. The van der Waals surface area contributed by atoms with Gasteiger partial charge in [0.15, 0.2) is 5.82 Å². The summed E-state index contributed by atoms with van der Waals surface area (Å²) in [6.45, 7) is -2.31. The lowest BCUT2D eigenvalue weighted by molar-refractivity contribution is 1.17. The first kappa shape index (κ1) is 21.9. The summed E-state index contributed by atoms with van der Waals surface area (Å²) >= 11 is 0. The second kappa shape index (κ2) is 10.2. The lowest BCUT2D eigenvalue weighted by Gasteiger charge is -2.11. The van der Waals surface area contributed by atoms with Gasteiger partial charge in [-0.2, -0.15) is 0 Å². The van der Waals surface area contributed by atoms with Crippen LogP contribution in [-0.2, 0) is 0 Å². The highest BCUT2D eigenvalue weighted by Gasteiger charge is 2.15. The van der Waals surface area contributed by atoms with E-state index in [-0.39, 0.29) is 5.69 Å². The zero-order valence-electron chi connectivity index (χ0n) is 25.9. The van der Waals surface area contributed by atoms with Gasteiger partial charge in [-0.25, -0.2) is 19.9 Å². The summed E-state index contributed by atoms with van der Waals surface area (Å²) in [6.07, 6.45) is 0. The highest BCUT2D eigenvalue weighted by Crippen LogP contribution is 2.32. The van der Waals surface area contributed by atoms with Gasteiger partial charge in [0.1, 0.15) is 5.69 Å². The molecule has 0 radical (unpaired) electrons. The normalized spacial score (nSPS) is 12.7. The largest absolute Gasteiger partial charge is 0.251 e. The highest BCUT2D eigenvalue weighted by atomic mass is 14.9. The van der Waals surface area contributed by atoms with Crippen LogP contribution in [0.3, 0.4) is 0 Å². The molecule has 4 aromatic carbocycles. The molecule has 0 spiro atoms. The van der Waals surface area contributed by atoms with Crippen molar-refractivity contribution in [3.05, 3.63) is 139 Å². The van der Waals surface area contributed by atoms with Crippen molar-refractivity contribution in [2.24, 2.45) is 0 Å². The molecule has 43 heavy (non-hydrogen) atoms. The fraction of sp³-hybridized carbons (Fsp3) is 0.0263. The number of benzene rings is 4. The number of aromatic nitrogens is 5. The van der Waals surface area contributed by atoms with Crippen molar-refractivity contribution >= 4 is 32.7 Å². The third-order valence-corrected chi connectivity index (χ3v) is 7.61. The first-order valence-electron chi connectivity index (χ1n) is 15.5. The predicted octanol–water partition coefficient (Wildman–Crippen LogP) is 9.10. The summed E-state index contributed by atoms with van der Waals surface area (Å²) in [4.78, 5) is 24.4. The van der Waals surface area contributed by atoms with Crippen molar-refractivity contribution in [1.82, 2.24) is 24.9 Å². The molecule has 0 aliphatic rings. The van der Waals surface area contributed by atoms with Gasteiger partial charge in [-0.15, -0.1) is 0 Å². The smallest absolute Gasteiger partial charge is 0.179 e. The first-order chi connectivity index (χ1) is 22.4. The molecular weight excluding hydrogens is 526 g/mol. The van der Waals surface area contributed by atoms with Gasteiger partial charge in [0.25, 0.3) is 0 Å². The Kier molecular flexibility index (Phi) is 5.20. The van der Waals surface area contributed by atoms with Crippen molar-refractivity contribution in [2.45, 2.75) is 6.85 Å². The summed E-state index contributed by atoms with van der Waals surface area (Å²) < 4.78 is 23.5. The zero-order chi connectivity index (χ0) is 31.3. The van der Waals surface area contributed by atoms with Crippen molar-refractivity contribution < 1.29 is 4.11 Å². The van der Waals surface area contributed by atoms with Gasteiger partial charge in [0, 0.05) is 31.5 Å². The van der Waals surface area contributed by atoms with E-state index in [2.05, 4.69) is 41.4 Å². The summed E-state index contributed by atoms with van der Waals surface area (Å²) in [5, 5.41) is 2.64. The Hall–Kier alpha value is -5.81. The van der Waals surface area contributed by atoms with E-state index in [0.717, 1.165) is 44.1 Å². The molecule has 0 aliphatic carbocycles. The number of hydrogen-bond acceptors (Lipinski definition) is 5. The minimum absolute atomic E-state index is 0.0402. The van der Waals surface area contributed by atoms with Crippen LogP contribution in [-0.4, -0.2) is 24.9 Å². The van der Waals surface area contributed by atoms with Gasteiger partial charge in [-0.1, -0.05) is 97.1 Å². The Morgan fingerprint density at radius 2 is 1.14 bits per heavy atom. The molecule has 0 N–H and O–H groups in total. The molecule has 0 unspecified atom stereocenters. The van der Waals surface area contributed by atoms with E-state index in [1.807, 2.05) is 84.9 Å². The van der Waals surface area contributed by atoms with Crippen LogP contribution in [0.4, 0.5) is 0 Å². The Balaban J connectivity index is 1.25. The third kappa shape index (κ3) is 4.57. The summed E-state index contributed by atoms with van der Waals surface area (Å²) in [7, 11) is 0. The van der Waals surface area contributed by atoms with Crippen molar-refractivity contribution in [2.75, 3.05) is 0 Å². The first-order valence-corrected chi connectivity index (χ1v) is 14.0. The molecule has 0 atom stereocenters. The molecular formula is C38H25N5. The van der Waals surface area contributed by atoms with Crippen molar-refractivity contribution in [3.63, 3.8) is 0 Å². The Bertz CT molecular complexity index is 2420. The van der Waals surface area contributed by atoms with Gasteiger partial charge in [0.05, 0.1) is 33.6 Å². The number of nitrogens with zero attached hydrogens (tertiary/aromatic N) is 5. The number of para-hydroxylation sites is 1. The van der Waals surface area contributed by atoms with Crippen LogP contribution >= 0.6 is 0 Å². The topological polar surface area (TPSA) is 64.5 Å². The standard InChI is InChI=1S/C38H25N5/c1-24-17-18-26-19-20-27-21-22-33(41-37(27)36(26)39-24)32-15-8-16-34(40-32)38-42-31-14-6-5-13-30(31)35(43-38)29-12-7-11-28(23-29)25-9-3-2-4-10-25/h2-23H,1H3/i1D3. The Morgan fingerprint density at radius 3 is 2.02 bits per heavy atom. The lowest BCUT2D eigenvalue weighted by atomic mass is 10.00. The maximum absolute atomic E-state index is 7.84. The molecule has 4 aromatic heterocycles. The van der Waals surface area contributed by atoms with Gasteiger partial charge < -0.3 is 0 Å². The molecule has 0 saturated heterocycles. The molecule has 5 heteroatoms. The van der Waals surface area contributed by atoms with Crippen LogP contribution in [0.15, 0.2) is 133 Å². The lowest BCUT2D eigenvalue weighted by Crippen LogP contribution is -1.98. The monoisotopic (exact) mass is 554 g/mol. The van der Waals surface area contributed by atoms with Gasteiger partial charge in [-0.05, 0) is 54.4 Å². The Labute approximate surface area is 252 Å². The van der Waals surface area contributed by atoms with Crippen LogP contribution in [0, 0.1) is 6.85 Å². The molecule has 0 fully saturated rings. The fourth-order valence-corrected chi connectivity index (χ4v) is 5.50. The number of fused-ring (bicyclic) bond motifs is 4. The molecule has 0 saturated carbocycles. The van der Waals surface area contributed by atoms with Crippen LogP contribution < -0.4 is 0 Å². The van der Waals surface area contributed by atoms with Gasteiger partial charge in [0.2, 0.25) is 0 Å². The second-order valence-electron chi connectivity index (χ2n) is 10.4.